The number of likely N-dealkylation sites (tertiary alicyclic amines) is 1. The molecule has 7 heteroatoms. The van der Waals surface area contributed by atoms with Crippen LogP contribution in [0.15, 0.2) is 22.8 Å². The summed E-state index contributed by atoms with van der Waals surface area (Å²) < 4.78 is 5.08. The summed E-state index contributed by atoms with van der Waals surface area (Å²) in [5, 5.41) is 2.75. The smallest absolute Gasteiger partial charge is 0.289 e. The van der Waals surface area contributed by atoms with Gasteiger partial charge in [-0.05, 0) is 25.0 Å². The lowest BCUT2D eigenvalue weighted by Crippen LogP contribution is -2.47. The highest BCUT2D eigenvalue weighted by atomic mass is 35.5. The van der Waals surface area contributed by atoms with Crippen LogP contribution in [0.4, 0.5) is 0 Å². The van der Waals surface area contributed by atoms with Crippen LogP contribution >= 0.6 is 23.2 Å². The minimum Gasteiger partial charge on any atom is -0.459 e. The highest BCUT2D eigenvalue weighted by Crippen LogP contribution is 2.15. The summed E-state index contributed by atoms with van der Waals surface area (Å²) in [7, 11) is 0. The number of nitrogens with zero attached hydrogens (tertiary/aromatic N) is 1. The zero-order chi connectivity index (χ0) is 13.8. The fraction of sp³-hybridized carbons (Fsp3) is 0.500. The molecule has 1 aliphatic rings. The van der Waals surface area contributed by atoms with Crippen LogP contribution in [0.5, 0.6) is 0 Å². The van der Waals surface area contributed by atoms with Gasteiger partial charge >= 0.3 is 0 Å². The Morgan fingerprint density at radius 1 is 1.37 bits per heavy atom. The first-order chi connectivity index (χ1) is 9.08. The predicted molar refractivity (Wildman–Crippen MR) is 71.3 cm³/mol. The molecule has 0 atom stereocenters. The number of rotatable bonds is 3. The Labute approximate surface area is 120 Å². The van der Waals surface area contributed by atoms with Crippen LogP contribution in [0.1, 0.15) is 23.4 Å². The standard InChI is InChI=1S/C12H14Cl2N2O3/c13-10(14)11(17)15-8-3-5-16(6-4-8)12(18)9-2-1-7-19-9/h1-2,7-8,10H,3-6H2,(H,15,17). The van der Waals surface area contributed by atoms with E-state index in [9.17, 15) is 9.59 Å². The summed E-state index contributed by atoms with van der Waals surface area (Å²) >= 11 is 10.9. The Hall–Kier alpha value is -1.20. The lowest BCUT2D eigenvalue weighted by Gasteiger charge is -2.31. The van der Waals surface area contributed by atoms with Crippen LogP contribution in [0, 0.1) is 0 Å². The first-order valence-corrected chi connectivity index (χ1v) is 6.86. The number of carbonyl (C=O) groups is 2. The zero-order valence-electron chi connectivity index (χ0n) is 10.1. The van der Waals surface area contributed by atoms with Crippen molar-refractivity contribution in [3.05, 3.63) is 24.2 Å². The van der Waals surface area contributed by atoms with E-state index in [0.29, 0.717) is 31.7 Å². The van der Waals surface area contributed by atoms with E-state index in [1.54, 1.807) is 17.0 Å². The molecule has 0 bridgehead atoms. The molecule has 5 nitrogen and oxygen atoms in total. The van der Waals surface area contributed by atoms with Gasteiger partial charge in [-0.2, -0.15) is 0 Å². The molecular formula is C12H14Cl2N2O3. The second kappa shape index (κ2) is 6.30. The molecule has 1 aromatic heterocycles. The Morgan fingerprint density at radius 2 is 2.05 bits per heavy atom. The molecule has 0 unspecified atom stereocenters. The van der Waals surface area contributed by atoms with E-state index in [0.717, 1.165) is 0 Å². The van der Waals surface area contributed by atoms with Gasteiger partial charge in [0.1, 0.15) is 0 Å². The van der Waals surface area contributed by atoms with Crippen LogP contribution in [0.25, 0.3) is 0 Å². The summed E-state index contributed by atoms with van der Waals surface area (Å²) in [4.78, 5) is 24.0. The number of carbonyl (C=O) groups excluding carboxylic acids is 2. The number of nitrogens with one attached hydrogen (secondary N) is 1. The van der Waals surface area contributed by atoms with E-state index in [1.807, 2.05) is 0 Å². The minimum atomic E-state index is -1.05. The van der Waals surface area contributed by atoms with Crippen molar-refractivity contribution < 1.29 is 14.0 Å². The van der Waals surface area contributed by atoms with E-state index in [2.05, 4.69) is 5.32 Å². The van der Waals surface area contributed by atoms with Crippen molar-refractivity contribution in [3.8, 4) is 0 Å². The van der Waals surface area contributed by atoms with Gasteiger partial charge in [0, 0.05) is 19.1 Å². The molecule has 0 saturated carbocycles. The second-order valence-corrected chi connectivity index (χ2v) is 5.45. The maximum atomic E-state index is 12.0. The van der Waals surface area contributed by atoms with E-state index < -0.39 is 4.84 Å². The average molecular weight is 305 g/mol. The fourth-order valence-corrected chi connectivity index (χ4v) is 2.17. The van der Waals surface area contributed by atoms with Gasteiger partial charge in [-0.3, -0.25) is 9.59 Å². The molecule has 1 aromatic rings. The largest absolute Gasteiger partial charge is 0.459 e. The first-order valence-electron chi connectivity index (χ1n) is 5.99. The Bertz CT molecular complexity index is 440. The van der Waals surface area contributed by atoms with Gasteiger partial charge in [-0.25, -0.2) is 0 Å². The van der Waals surface area contributed by atoms with Gasteiger partial charge in [-0.1, -0.05) is 23.2 Å². The van der Waals surface area contributed by atoms with E-state index >= 15 is 0 Å². The van der Waals surface area contributed by atoms with Crippen molar-refractivity contribution in [3.63, 3.8) is 0 Å². The number of halogens is 2. The second-order valence-electron chi connectivity index (χ2n) is 4.35. The molecule has 1 aliphatic heterocycles. The van der Waals surface area contributed by atoms with Gasteiger partial charge in [0.25, 0.3) is 11.8 Å². The quantitative estimate of drug-likeness (QED) is 0.866. The van der Waals surface area contributed by atoms with Crippen molar-refractivity contribution in [1.29, 1.82) is 0 Å². The molecule has 1 saturated heterocycles. The van der Waals surface area contributed by atoms with Gasteiger partial charge in [-0.15, -0.1) is 0 Å². The summed E-state index contributed by atoms with van der Waals surface area (Å²) in [6, 6.07) is 3.33. The monoisotopic (exact) mass is 304 g/mol. The molecule has 104 valence electrons. The highest BCUT2D eigenvalue weighted by molar-refractivity contribution is 6.53. The maximum absolute atomic E-state index is 12.0. The van der Waals surface area contributed by atoms with Crippen LogP contribution in [0.3, 0.4) is 0 Å². The lowest BCUT2D eigenvalue weighted by atomic mass is 10.0. The third-order valence-corrected chi connectivity index (χ3v) is 3.46. The molecule has 2 rings (SSSR count). The van der Waals surface area contributed by atoms with E-state index in [1.165, 1.54) is 6.26 Å². The number of piperidine rings is 1. The number of alkyl halides is 2. The normalized spacial score (nSPS) is 16.7. The van der Waals surface area contributed by atoms with Crippen molar-refractivity contribution in [2.45, 2.75) is 23.7 Å². The van der Waals surface area contributed by atoms with Crippen LogP contribution < -0.4 is 5.32 Å². The SMILES string of the molecule is O=C(NC1CCN(C(=O)c2ccco2)CC1)C(Cl)Cl. The molecular weight excluding hydrogens is 291 g/mol. The molecule has 0 aliphatic carbocycles. The van der Waals surface area contributed by atoms with Crippen LogP contribution in [-0.4, -0.2) is 40.7 Å². The van der Waals surface area contributed by atoms with Crippen LogP contribution in [-0.2, 0) is 4.79 Å². The zero-order valence-corrected chi connectivity index (χ0v) is 11.7. The Kier molecular flexibility index (Phi) is 4.71. The molecule has 0 spiro atoms. The third-order valence-electron chi connectivity index (χ3n) is 3.06. The predicted octanol–water partition coefficient (Wildman–Crippen LogP) is 1.80. The van der Waals surface area contributed by atoms with E-state index in [4.69, 9.17) is 27.6 Å². The van der Waals surface area contributed by atoms with Crippen molar-refractivity contribution in [1.82, 2.24) is 10.2 Å². The summed E-state index contributed by atoms with van der Waals surface area (Å²) in [6.07, 6.45) is 2.83. The Balaban J connectivity index is 1.82. The Morgan fingerprint density at radius 3 is 2.58 bits per heavy atom. The molecule has 0 aromatic carbocycles. The van der Waals surface area contributed by atoms with Crippen LogP contribution in [0.2, 0.25) is 0 Å². The van der Waals surface area contributed by atoms with Crippen molar-refractivity contribution in [2.75, 3.05) is 13.1 Å². The van der Waals surface area contributed by atoms with Gasteiger partial charge in [0.2, 0.25) is 0 Å². The number of amides is 2. The van der Waals surface area contributed by atoms with Crippen molar-refractivity contribution in [2.24, 2.45) is 0 Å². The van der Waals surface area contributed by atoms with Gasteiger partial charge < -0.3 is 14.6 Å². The topological polar surface area (TPSA) is 62.6 Å². The number of furan rings is 1. The first kappa shape index (κ1) is 14.2. The van der Waals surface area contributed by atoms with Gasteiger partial charge in [0.15, 0.2) is 10.6 Å². The molecule has 1 N–H and O–H groups in total. The summed E-state index contributed by atoms with van der Waals surface area (Å²) in [6.45, 7) is 1.14. The lowest BCUT2D eigenvalue weighted by molar-refractivity contribution is -0.120. The fourth-order valence-electron chi connectivity index (χ4n) is 2.05. The summed E-state index contributed by atoms with van der Waals surface area (Å²) in [5.74, 6) is -0.175. The van der Waals surface area contributed by atoms with Crippen molar-refractivity contribution >= 4 is 35.0 Å². The number of hydrogen-bond acceptors (Lipinski definition) is 3. The molecule has 2 heterocycles. The highest BCUT2D eigenvalue weighted by Gasteiger charge is 2.26. The maximum Gasteiger partial charge on any atom is 0.289 e. The molecule has 19 heavy (non-hydrogen) atoms. The number of hydrogen-bond donors (Lipinski definition) is 1. The average Bonchev–Trinajstić information content (AvgIpc) is 2.92. The molecule has 1 fully saturated rings. The minimum absolute atomic E-state index is 0.00755. The molecule has 0 radical (unpaired) electrons. The molecule has 2 amide bonds. The van der Waals surface area contributed by atoms with E-state index in [-0.39, 0.29) is 17.9 Å². The van der Waals surface area contributed by atoms with Gasteiger partial charge in [0.05, 0.1) is 6.26 Å². The summed E-state index contributed by atoms with van der Waals surface area (Å²) in [5.41, 5.74) is 0. The third kappa shape index (κ3) is 3.64.